The van der Waals surface area contributed by atoms with E-state index in [0.29, 0.717) is 4.96 Å². The zero-order chi connectivity index (χ0) is 21.1. The number of thiazole rings is 1. The minimum absolute atomic E-state index is 0.0669. The molecule has 4 aromatic heterocycles. The summed E-state index contributed by atoms with van der Waals surface area (Å²) < 4.78 is 71.1. The molecule has 4 aromatic rings. The first-order chi connectivity index (χ1) is 14.2. The molecular formula is C17H15F3N6O2S2. The Kier molecular flexibility index (Phi) is 4.38. The number of rotatable bonds is 3. The molecule has 8 nitrogen and oxygen atoms in total. The zero-order valence-corrected chi connectivity index (χ0v) is 17.0. The molecule has 1 fully saturated rings. The van der Waals surface area contributed by atoms with Crippen molar-refractivity contribution in [3.8, 4) is 0 Å². The van der Waals surface area contributed by atoms with Crippen LogP contribution in [0.15, 0.2) is 41.4 Å². The molecule has 0 spiro atoms. The molecule has 0 N–H and O–H groups in total. The summed E-state index contributed by atoms with van der Waals surface area (Å²) in [7, 11) is -3.79. The quantitative estimate of drug-likeness (QED) is 0.473. The van der Waals surface area contributed by atoms with Crippen LogP contribution in [0, 0.1) is 0 Å². The Balaban J connectivity index is 1.43. The van der Waals surface area contributed by atoms with Crippen molar-refractivity contribution in [2.24, 2.45) is 0 Å². The molecule has 0 atom stereocenters. The molecule has 1 saturated heterocycles. The van der Waals surface area contributed by atoms with Crippen molar-refractivity contribution in [2.75, 3.05) is 13.1 Å². The lowest BCUT2D eigenvalue weighted by molar-refractivity contribution is -0.138. The number of fused-ring (bicyclic) bond motifs is 2. The maximum atomic E-state index is 13.6. The number of aromatic nitrogens is 5. The second-order valence-corrected chi connectivity index (χ2v) is 9.79. The number of hydrogen-bond acceptors (Lipinski definition) is 6. The summed E-state index contributed by atoms with van der Waals surface area (Å²) in [6, 6.07) is 0.991. The highest BCUT2D eigenvalue weighted by Gasteiger charge is 2.38. The van der Waals surface area contributed by atoms with Gasteiger partial charge in [0, 0.05) is 30.9 Å². The molecule has 30 heavy (non-hydrogen) atoms. The first kappa shape index (κ1) is 19.5. The molecule has 0 aromatic carbocycles. The molecule has 5 rings (SSSR count). The van der Waals surface area contributed by atoms with Crippen molar-refractivity contribution in [1.82, 2.24) is 28.3 Å². The van der Waals surface area contributed by atoms with Crippen molar-refractivity contribution < 1.29 is 21.6 Å². The Morgan fingerprint density at radius 2 is 1.93 bits per heavy atom. The predicted octanol–water partition coefficient (Wildman–Crippen LogP) is 3.03. The van der Waals surface area contributed by atoms with Crippen LogP contribution in [0.5, 0.6) is 0 Å². The van der Waals surface area contributed by atoms with Crippen LogP contribution in [0.1, 0.15) is 29.9 Å². The highest BCUT2D eigenvalue weighted by atomic mass is 32.2. The standard InChI is InChI=1S/C17H15F3N6O2S2/c18-17(19,20)13-7-14-22-10-23-26(14)9-12(13)11-1-3-24(4-2-11)30(27,28)15-8-21-16-25(15)5-6-29-16/h5-11H,1-4H2. The van der Waals surface area contributed by atoms with Crippen molar-refractivity contribution in [2.45, 2.75) is 30.0 Å². The number of sulfonamides is 1. The fourth-order valence-electron chi connectivity index (χ4n) is 3.88. The van der Waals surface area contributed by atoms with Crippen LogP contribution in [0.25, 0.3) is 10.6 Å². The number of halogens is 3. The first-order valence-corrected chi connectivity index (χ1v) is 11.4. The van der Waals surface area contributed by atoms with E-state index in [1.165, 1.54) is 43.3 Å². The predicted molar refractivity (Wildman–Crippen MR) is 102 cm³/mol. The molecule has 1 aliphatic heterocycles. The monoisotopic (exact) mass is 456 g/mol. The van der Waals surface area contributed by atoms with Gasteiger partial charge in [-0.3, -0.25) is 4.40 Å². The zero-order valence-electron chi connectivity index (χ0n) is 15.3. The normalized spacial score (nSPS) is 17.3. The number of piperidine rings is 1. The van der Waals surface area contributed by atoms with Gasteiger partial charge in [0.1, 0.15) is 6.33 Å². The minimum Gasteiger partial charge on any atom is -0.280 e. The van der Waals surface area contributed by atoms with E-state index in [0.717, 1.165) is 6.07 Å². The van der Waals surface area contributed by atoms with E-state index in [1.807, 2.05) is 0 Å². The molecule has 13 heteroatoms. The van der Waals surface area contributed by atoms with Gasteiger partial charge < -0.3 is 0 Å². The minimum atomic E-state index is -4.53. The van der Waals surface area contributed by atoms with E-state index in [4.69, 9.17) is 0 Å². The fraction of sp³-hybridized carbons (Fsp3) is 0.353. The van der Waals surface area contributed by atoms with Gasteiger partial charge in [-0.05, 0) is 30.4 Å². The molecule has 0 saturated carbocycles. The summed E-state index contributed by atoms with van der Waals surface area (Å²) in [5, 5.41) is 5.74. The molecule has 1 aliphatic rings. The summed E-state index contributed by atoms with van der Waals surface area (Å²) in [5.74, 6) is -0.437. The van der Waals surface area contributed by atoms with Gasteiger partial charge in [-0.1, -0.05) is 0 Å². The molecule has 0 radical (unpaired) electrons. The van der Waals surface area contributed by atoms with E-state index in [2.05, 4.69) is 15.1 Å². The summed E-state index contributed by atoms with van der Waals surface area (Å²) in [4.78, 5) is 8.50. The van der Waals surface area contributed by atoms with E-state index >= 15 is 0 Å². The largest absolute Gasteiger partial charge is 0.416 e. The van der Waals surface area contributed by atoms with Crippen LogP contribution >= 0.6 is 11.3 Å². The number of nitrogens with zero attached hydrogens (tertiary/aromatic N) is 6. The third-order valence-electron chi connectivity index (χ3n) is 5.36. The smallest absolute Gasteiger partial charge is 0.280 e. The fourth-order valence-corrected chi connectivity index (χ4v) is 6.17. The summed E-state index contributed by atoms with van der Waals surface area (Å²) in [6.45, 7) is 0.244. The van der Waals surface area contributed by atoms with Gasteiger partial charge in [0.05, 0.1) is 11.8 Å². The Morgan fingerprint density at radius 3 is 2.67 bits per heavy atom. The van der Waals surface area contributed by atoms with Crippen LogP contribution < -0.4 is 0 Å². The maximum Gasteiger partial charge on any atom is 0.416 e. The van der Waals surface area contributed by atoms with E-state index in [-0.39, 0.29) is 42.2 Å². The van der Waals surface area contributed by atoms with Gasteiger partial charge in [0.25, 0.3) is 10.0 Å². The van der Waals surface area contributed by atoms with Gasteiger partial charge >= 0.3 is 6.18 Å². The molecule has 0 aliphatic carbocycles. The van der Waals surface area contributed by atoms with Gasteiger partial charge in [-0.25, -0.2) is 22.9 Å². The summed E-state index contributed by atoms with van der Waals surface area (Å²) in [6.07, 6.45) is 1.51. The van der Waals surface area contributed by atoms with Crippen molar-refractivity contribution in [3.05, 3.63) is 47.5 Å². The van der Waals surface area contributed by atoms with E-state index in [9.17, 15) is 21.6 Å². The second kappa shape index (κ2) is 6.75. The third-order valence-corrected chi connectivity index (χ3v) is 8.01. The second-order valence-electron chi connectivity index (χ2n) is 7.03. The van der Waals surface area contributed by atoms with Gasteiger partial charge in [0.15, 0.2) is 15.6 Å². The van der Waals surface area contributed by atoms with Crippen LogP contribution in [-0.2, 0) is 16.2 Å². The lowest BCUT2D eigenvalue weighted by atomic mass is 9.88. The van der Waals surface area contributed by atoms with Gasteiger partial charge in [-0.15, -0.1) is 11.3 Å². The van der Waals surface area contributed by atoms with Crippen LogP contribution in [0.2, 0.25) is 0 Å². The molecule has 158 valence electrons. The molecular weight excluding hydrogens is 441 g/mol. The number of pyridine rings is 1. The molecule has 5 heterocycles. The van der Waals surface area contributed by atoms with E-state index < -0.39 is 27.7 Å². The average molecular weight is 456 g/mol. The van der Waals surface area contributed by atoms with Crippen LogP contribution in [0.3, 0.4) is 0 Å². The Bertz CT molecular complexity index is 1330. The topological polar surface area (TPSA) is 84.9 Å². The highest BCUT2D eigenvalue weighted by molar-refractivity contribution is 7.89. The highest BCUT2D eigenvalue weighted by Crippen LogP contribution is 2.39. The van der Waals surface area contributed by atoms with Crippen LogP contribution in [-0.4, -0.2) is 49.8 Å². The Hall–Kier alpha value is -2.51. The molecule has 0 amide bonds. The third kappa shape index (κ3) is 3.08. The maximum absolute atomic E-state index is 13.6. The first-order valence-electron chi connectivity index (χ1n) is 9.06. The lowest BCUT2D eigenvalue weighted by Crippen LogP contribution is -2.38. The Morgan fingerprint density at radius 1 is 1.17 bits per heavy atom. The number of alkyl halides is 3. The van der Waals surface area contributed by atoms with Crippen molar-refractivity contribution >= 4 is 32.0 Å². The van der Waals surface area contributed by atoms with Gasteiger partial charge in [0.2, 0.25) is 0 Å². The molecule has 0 unspecified atom stereocenters. The SMILES string of the molecule is O=S(=O)(c1cnc2sccn12)N1CCC(c2cn3ncnc3cc2C(F)(F)F)CC1. The average Bonchev–Trinajstić information content (AvgIpc) is 3.42. The van der Waals surface area contributed by atoms with Crippen LogP contribution in [0.4, 0.5) is 13.2 Å². The Labute approximate surface area is 172 Å². The summed E-state index contributed by atoms with van der Waals surface area (Å²) >= 11 is 1.32. The van der Waals surface area contributed by atoms with E-state index in [1.54, 1.807) is 11.6 Å². The number of imidazole rings is 1. The lowest BCUT2D eigenvalue weighted by Gasteiger charge is -2.32. The van der Waals surface area contributed by atoms with Crippen molar-refractivity contribution in [1.29, 1.82) is 0 Å². The summed E-state index contributed by atoms with van der Waals surface area (Å²) in [5.41, 5.74) is -0.520. The van der Waals surface area contributed by atoms with Gasteiger partial charge in [-0.2, -0.15) is 22.6 Å². The number of hydrogen-bond donors (Lipinski definition) is 0. The van der Waals surface area contributed by atoms with Crippen molar-refractivity contribution in [3.63, 3.8) is 0 Å². The molecule has 0 bridgehead atoms.